The molecule has 0 spiro atoms. The summed E-state index contributed by atoms with van der Waals surface area (Å²) in [6, 6.07) is 14.1. The number of H-pyrrole nitrogens is 1. The van der Waals surface area contributed by atoms with Gasteiger partial charge in [-0.05, 0) is 35.8 Å². The molecule has 1 aromatic heterocycles. The number of benzene rings is 2. The Balaban J connectivity index is 1.28. The summed E-state index contributed by atoms with van der Waals surface area (Å²) in [6.45, 7) is 2.52. The highest BCUT2D eigenvalue weighted by molar-refractivity contribution is 5.93. The van der Waals surface area contributed by atoms with Gasteiger partial charge in [0.1, 0.15) is 13.2 Å². The van der Waals surface area contributed by atoms with Crippen molar-refractivity contribution in [1.29, 1.82) is 0 Å². The van der Waals surface area contributed by atoms with Crippen molar-refractivity contribution >= 4 is 22.4 Å². The number of amides is 1. The number of hydrogen-bond acceptors (Lipinski definition) is 3. The number of nitrogens with one attached hydrogen (secondary N) is 1. The van der Waals surface area contributed by atoms with E-state index in [0.29, 0.717) is 26.2 Å². The second-order valence-corrected chi connectivity index (χ2v) is 7.22. The summed E-state index contributed by atoms with van der Waals surface area (Å²) < 4.78 is 11.2. The van der Waals surface area contributed by atoms with Gasteiger partial charge in [-0.15, -0.1) is 0 Å². The molecule has 2 aliphatic rings. The van der Waals surface area contributed by atoms with Crippen molar-refractivity contribution < 1.29 is 14.3 Å². The van der Waals surface area contributed by atoms with Crippen LogP contribution in [0, 0.1) is 0 Å². The van der Waals surface area contributed by atoms with Crippen LogP contribution in [0.4, 0.5) is 0 Å². The molecule has 0 atom stereocenters. The summed E-state index contributed by atoms with van der Waals surface area (Å²) in [4.78, 5) is 18.0. The van der Waals surface area contributed by atoms with Gasteiger partial charge in [0.05, 0.1) is 6.42 Å². The quantitative estimate of drug-likeness (QED) is 0.759. The average Bonchev–Trinajstić information content (AvgIpc) is 3.18. The summed E-state index contributed by atoms with van der Waals surface area (Å²) in [7, 11) is 0. The first-order valence-electron chi connectivity index (χ1n) is 9.70. The molecule has 2 aliphatic heterocycles. The summed E-state index contributed by atoms with van der Waals surface area (Å²) in [6.07, 6.45) is 5.51. The summed E-state index contributed by atoms with van der Waals surface area (Å²) >= 11 is 0. The van der Waals surface area contributed by atoms with Gasteiger partial charge >= 0.3 is 0 Å². The number of para-hydroxylation sites is 1. The minimum absolute atomic E-state index is 0.144. The molecule has 28 heavy (non-hydrogen) atoms. The summed E-state index contributed by atoms with van der Waals surface area (Å²) in [5, 5.41) is 1.24. The molecule has 0 saturated heterocycles. The maximum absolute atomic E-state index is 12.8. The molecule has 2 aromatic carbocycles. The first-order valence-corrected chi connectivity index (χ1v) is 9.70. The highest BCUT2D eigenvalue weighted by Crippen LogP contribution is 2.32. The Hall–Kier alpha value is -3.21. The lowest BCUT2D eigenvalue weighted by atomic mass is 9.98. The third kappa shape index (κ3) is 3.13. The van der Waals surface area contributed by atoms with Crippen LogP contribution in [0.1, 0.15) is 17.5 Å². The van der Waals surface area contributed by atoms with Crippen LogP contribution in [0.5, 0.6) is 11.5 Å². The zero-order chi connectivity index (χ0) is 18.9. The lowest BCUT2D eigenvalue weighted by Gasteiger charge is -2.27. The Labute approximate surface area is 163 Å². The zero-order valence-electron chi connectivity index (χ0n) is 15.6. The molecule has 0 unspecified atom stereocenters. The molecule has 0 radical (unpaired) electrons. The molecule has 1 amide bonds. The van der Waals surface area contributed by atoms with Crippen molar-refractivity contribution in [2.45, 2.75) is 12.8 Å². The SMILES string of the molecule is O=C(Cc1ccc2c(c1)OCCO2)N1CC=C(c2c[nH]c3ccccc23)CC1. The standard InChI is InChI=1S/C23H22N2O3/c26-23(14-16-5-6-21-22(13-16)28-12-11-27-21)25-9-7-17(8-10-25)19-15-24-20-4-2-1-3-18(19)20/h1-7,13,15,24H,8-12,14H2. The first-order chi connectivity index (χ1) is 13.8. The van der Waals surface area contributed by atoms with Crippen molar-refractivity contribution in [2.24, 2.45) is 0 Å². The molecule has 3 heterocycles. The Morgan fingerprint density at radius 1 is 1.07 bits per heavy atom. The first kappa shape index (κ1) is 16.9. The molecule has 142 valence electrons. The molecular formula is C23H22N2O3. The van der Waals surface area contributed by atoms with Crippen LogP contribution in [-0.2, 0) is 11.2 Å². The lowest BCUT2D eigenvalue weighted by molar-refractivity contribution is -0.130. The highest BCUT2D eigenvalue weighted by Gasteiger charge is 2.20. The minimum atomic E-state index is 0.144. The average molecular weight is 374 g/mol. The molecule has 0 fully saturated rings. The number of carbonyl (C=O) groups is 1. The van der Waals surface area contributed by atoms with E-state index in [1.165, 1.54) is 16.5 Å². The van der Waals surface area contributed by atoms with E-state index in [1.54, 1.807) is 0 Å². The van der Waals surface area contributed by atoms with E-state index in [2.05, 4.69) is 35.5 Å². The van der Waals surface area contributed by atoms with Crippen molar-refractivity contribution in [3.05, 3.63) is 65.9 Å². The normalized spacial score (nSPS) is 16.1. The Kier molecular flexibility index (Phi) is 4.28. The Morgan fingerprint density at radius 2 is 1.93 bits per heavy atom. The van der Waals surface area contributed by atoms with Gasteiger partial charge < -0.3 is 19.4 Å². The molecule has 5 nitrogen and oxygen atoms in total. The van der Waals surface area contributed by atoms with Gasteiger partial charge in [-0.3, -0.25) is 4.79 Å². The van der Waals surface area contributed by atoms with Gasteiger partial charge in [0, 0.05) is 35.8 Å². The van der Waals surface area contributed by atoms with Crippen LogP contribution in [0.25, 0.3) is 16.5 Å². The van der Waals surface area contributed by atoms with Crippen LogP contribution in [0.3, 0.4) is 0 Å². The number of hydrogen-bond donors (Lipinski definition) is 1. The number of aromatic amines is 1. The number of nitrogens with zero attached hydrogens (tertiary/aromatic N) is 1. The topological polar surface area (TPSA) is 54.6 Å². The van der Waals surface area contributed by atoms with Crippen molar-refractivity contribution in [3.8, 4) is 11.5 Å². The van der Waals surface area contributed by atoms with E-state index < -0.39 is 0 Å². The highest BCUT2D eigenvalue weighted by atomic mass is 16.6. The Bertz CT molecular complexity index is 1070. The van der Waals surface area contributed by atoms with Crippen LogP contribution in [0.15, 0.2) is 54.7 Å². The van der Waals surface area contributed by atoms with Crippen molar-refractivity contribution in [3.63, 3.8) is 0 Å². The van der Waals surface area contributed by atoms with Gasteiger partial charge in [0.15, 0.2) is 11.5 Å². The third-order valence-corrected chi connectivity index (χ3v) is 5.46. The predicted octanol–water partition coefficient (Wildman–Crippen LogP) is 3.80. The van der Waals surface area contributed by atoms with E-state index >= 15 is 0 Å². The molecule has 1 N–H and O–H groups in total. The third-order valence-electron chi connectivity index (χ3n) is 5.46. The molecule has 5 heteroatoms. The second kappa shape index (κ2) is 7.08. The summed E-state index contributed by atoms with van der Waals surface area (Å²) in [5.74, 6) is 1.63. The summed E-state index contributed by atoms with van der Waals surface area (Å²) in [5.41, 5.74) is 4.66. The lowest BCUT2D eigenvalue weighted by Crippen LogP contribution is -2.35. The van der Waals surface area contributed by atoms with E-state index in [0.717, 1.165) is 35.5 Å². The monoisotopic (exact) mass is 374 g/mol. The van der Waals surface area contributed by atoms with Gasteiger partial charge in [0.2, 0.25) is 5.91 Å². The molecule has 5 rings (SSSR count). The number of ether oxygens (including phenoxy) is 2. The van der Waals surface area contributed by atoms with E-state index in [1.807, 2.05) is 29.2 Å². The maximum atomic E-state index is 12.8. The molecule has 0 saturated carbocycles. The molecule has 0 aliphatic carbocycles. The number of aromatic nitrogens is 1. The van der Waals surface area contributed by atoms with E-state index in [-0.39, 0.29) is 5.91 Å². The number of fused-ring (bicyclic) bond motifs is 2. The predicted molar refractivity (Wildman–Crippen MR) is 109 cm³/mol. The van der Waals surface area contributed by atoms with Gasteiger partial charge in [-0.2, -0.15) is 0 Å². The van der Waals surface area contributed by atoms with Crippen LogP contribution in [0.2, 0.25) is 0 Å². The molecule has 0 bridgehead atoms. The smallest absolute Gasteiger partial charge is 0.227 e. The van der Waals surface area contributed by atoms with Gasteiger partial charge in [0.25, 0.3) is 0 Å². The Morgan fingerprint density at radius 3 is 2.79 bits per heavy atom. The molecular weight excluding hydrogens is 352 g/mol. The van der Waals surface area contributed by atoms with Crippen molar-refractivity contribution in [2.75, 3.05) is 26.3 Å². The van der Waals surface area contributed by atoms with Crippen LogP contribution >= 0.6 is 0 Å². The van der Waals surface area contributed by atoms with Crippen molar-refractivity contribution in [1.82, 2.24) is 9.88 Å². The fraction of sp³-hybridized carbons (Fsp3) is 0.261. The van der Waals surface area contributed by atoms with Crippen LogP contribution < -0.4 is 9.47 Å². The van der Waals surface area contributed by atoms with Gasteiger partial charge in [-0.25, -0.2) is 0 Å². The number of carbonyl (C=O) groups excluding carboxylic acids is 1. The minimum Gasteiger partial charge on any atom is -0.486 e. The zero-order valence-corrected chi connectivity index (χ0v) is 15.6. The largest absolute Gasteiger partial charge is 0.486 e. The van der Waals surface area contributed by atoms with E-state index in [4.69, 9.17) is 9.47 Å². The van der Waals surface area contributed by atoms with E-state index in [9.17, 15) is 4.79 Å². The fourth-order valence-corrected chi connectivity index (χ4v) is 3.96. The maximum Gasteiger partial charge on any atom is 0.227 e. The fourth-order valence-electron chi connectivity index (χ4n) is 3.96. The number of rotatable bonds is 3. The molecule has 3 aromatic rings. The van der Waals surface area contributed by atoms with Crippen LogP contribution in [-0.4, -0.2) is 42.1 Å². The second-order valence-electron chi connectivity index (χ2n) is 7.22. The van der Waals surface area contributed by atoms with Gasteiger partial charge in [-0.1, -0.05) is 30.3 Å².